The Bertz CT molecular complexity index is 2190. The van der Waals surface area contributed by atoms with Crippen molar-refractivity contribution < 1.29 is 38.6 Å². The summed E-state index contributed by atoms with van der Waals surface area (Å²) in [5, 5.41) is 24.0. The number of halogens is 2. The molecule has 6 unspecified atom stereocenters. The van der Waals surface area contributed by atoms with Crippen LogP contribution in [-0.2, 0) is 29.4 Å². The number of likely N-dealkylation sites (tertiary alicyclic amines) is 1. The smallest absolute Gasteiger partial charge is 0.305 e. The Hall–Kier alpha value is -5.55. The van der Waals surface area contributed by atoms with Gasteiger partial charge in [0.15, 0.2) is 0 Å². The minimum Gasteiger partial charge on any atom is -0.507 e. The minimum absolute atomic E-state index is 0.0123. The molecule has 0 aromatic heterocycles. The van der Waals surface area contributed by atoms with Crippen LogP contribution in [-0.4, -0.2) is 56.3 Å². The predicted octanol–water partition coefficient (Wildman–Crippen LogP) is 5.80. The zero-order valence-electron chi connectivity index (χ0n) is 27.0. The SMILES string of the molecule is O=C(O)CCN1C(=O)C2CC=C3C(CC4C(=O)N(Nc5ccc(F)cc5)C(=O)C4(c4ccc(Cl)cc4)C3c3ccc4ccccc4c3O)C2C1=O. The summed E-state index contributed by atoms with van der Waals surface area (Å²) in [4.78, 5) is 70.1. The maximum atomic E-state index is 15.2. The normalized spacial score (nSPS) is 26.9. The maximum absolute atomic E-state index is 15.2. The molecule has 2 saturated heterocycles. The average Bonchev–Trinajstić information content (AvgIpc) is 3.49. The highest BCUT2D eigenvalue weighted by Gasteiger charge is 2.70. The van der Waals surface area contributed by atoms with Crippen LogP contribution in [0.4, 0.5) is 10.1 Å². The molecule has 0 radical (unpaired) electrons. The van der Waals surface area contributed by atoms with Gasteiger partial charge >= 0.3 is 5.97 Å². The Morgan fingerprint density at radius 2 is 1.63 bits per heavy atom. The number of carbonyl (C=O) groups is 5. The van der Waals surface area contributed by atoms with E-state index in [0.29, 0.717) is 27.1 Å². The van der Waals surface area contributed by atoms with Crippen LogP contribution in [0, 0.1) is 29.5 Å². The number of anilines is 1. The summed E-state index contributed by atoms with van der Waals surface area (Å²) >= 11 is 6.34. The van der Waals surface area contributed by atoms with E-state index in [2.05, 4.69) is 5.43 Å². The molecule has 4 amide bonds. The van der Waals surface area contributed by atoms with Crippen LogP contribution in [0.2, 0.25) is 5.02 Å². The molecule has 2 aliphatic carbocycles. The molecule has 0 bridgehead atoms. The number of hydrogen-bond donors (Lipinski definition) is 3. The monoisotopic (exact) mass is 707 g/mol. The van der Waals surface area contributed by atoms with E-state index in [4.69, 9.17) is 11.6 Å². The highest BCUT2D eigenvalue weighted by Crippen LogP contribution is 2.65. The number of carbonyl (C=O) groups excluding carboxylic acids is 4. The fourth-order valence-corrected chi connectivity index (χ4v) is 9.12. The number of aromatic hydroxyl groups is 1. The zero-order chi connectivity index (χ0) is 35.8. The fraction of sp³-hybridized carbons (Fsp3) is 0.256. The summed E-state index contributed by atoms with van der Waals surface area (Å²) in [6.45, 7) is -0.276. The quantitative estimate of drug-likeness (QED) is 0.162. The van der Waals surface area contributed by atoms with Gasteiger partial charge < -0.3 is 10.2 Å². The molecule has 4 aromatic carbocycles. The topological polar surface area (TPSA) is 144 Å². The third-order valence-corrected chi connectivity index (χ3v) is 11.4. The van der Waals surface area contributed by atoms with Crippen molar-refractivity contribution >= 4 is 57.7 Å². The van der Waals surface area contributed by atoms with Crippen molar-refractivity contribution in [2.45, 2.75) is 30.6 Å². The number of phenolic OH excluding ortho intramolecular Hbond substituents is 1. The van der Waals surface area contributed by atoms with Gasteiger partial charge in [-0.2, -0.15) is 5.01 Å². The van der Waals surface area contributed by atoms with Crippen molar-refractivity contribution in [3.8, 4) is 5.75 Å². The first kappa shape index (κ1) is 32.6. The summed E-state index contributed by atoms with van der Waals surface area (Å²) in [6, 6.07) is 22.6. The first-order valence-electron chi connectivity index (χ1n) is 16.7. The van der Waals surface area contributed by atoms with Gasteiger partial charge in [-0.15, -0.1) is 0 Å². The van der Waals surface area contributed by atoms with Gasteiger partial charge in [-0.25, -0.2) is 4.39 Å². The van der Waals surface area contributed by atoms with Crippen molar-refractivity contribution in [3.63, 3.8) is 0 Å². The van der Waals surface area contributed by atoms with Gasteiger partial charge in [0, 0.05) is 28.4 Å². The molecule has 6 atom stereocenters. The van der Waals surface area contributed by atoms with Gasteiger partial charge in [-0.05, 0) is 66.1 Å². The Kier molecular flexibility index (Phi) is 7.71. The molecule has 258 valence electrons. The lowest BCUT2D eigenvalue weighted by molar-refractivity contribution is -0.143. The highest BCUT2D eigenvalue weighted by atomic mass is 35.5. The number of hydrogen-bond acceptors (Lipinski definition) is 7. The first-order chi connectivity index (χ1) is 24.5. The molecule has 12 heteroatoms. The molecule has 3 fully saturated rings. The van der Waals surface area contributed by atoms with Crippen molar-refractivity contribution in [2.24, 2.45) is 23.7 Å². The van der Waals surface area contributed by atoms with Gasteiger partial charge in [0.1, 0.15) is 11.6 Å². The van der Waals surface area contributed by atoms with E-state index in [1.54, 1.807) is 42.5 Å². The number of benzene rings is 4. The largest absolute Gasteiger partial charge is 0.507 e. The van der Waals surface area contributed by atoms with Crippen LogP contribution < -0.4 is 5.43 Å². The summed E-state index contributed by atoms with van der Waals surface area (Å²) < 4.78 is 13.8. The summed E-state index contributed by atoms with van der Waals surface area (Å²) in [5.41, 5.74) is 3.00. The van der Waals surface area contributed by atoms with Gasteiger partial charge in [0.25, 0.3) is 11.8 Å². The van der Waals surface area contributed by atoms with Crippen LogP contribution in [0.15, 0.2) is 96.6 Å². The number of nitrogens with zero attached hydrogens (tertiary/aromatic N) is 2. The Labute approximate surface area is 296 Å². The Morgan fingerprint density at radius 1 is 0.902 bits per heavy atom. The zero-order valence-corrected chi connectivity index (χ0v) is 27.7. The van der Waals surface area contributed by atoms with E-state index in [1.807, 2.05) is 24.3 Å². The predicted molar refractivity (Wildman–Crippen MR) is 184 cm³/mol. The van der Waals surface area contributed by atoms with Crippen LogP contribution in [0.5, 0.6) is 5.75 Å². The van der Waals surface area contributed by atoms with E-state index in [-0.39, 0.29) is 30.8 Å². The summed E-state index contributed by atoms with van der Waals surface area (Å²) in [7, 11) is 0. The van der Waals surface area contributed by atoms with Gasteiger partial charge in [-0.3, -0.25) is 34.3 Å². The number of nitrogens with one attached hydrogen (secondary N) is 1. The lowest BCUT2D eigenvalue weighted by Gasteiger charge is -2.50. The second-order valence-corrected chi connectivity index (χ2v) is 14.0. The molecule has 2 aliphatic heterocycles. The summed E-state index contributed by atoms with van der Waals surface area (Å²) in [5.74, 6) is -8.36. The number of imide groups is 2. The number of hydrazine groups is 1. The fourth-order valence-electron chi connectivity index (χ4n) is 9.00. The van der Waals surface area contributed by atoms with E-state index in [0.717, 1.165) is 15.3 Å². The average molecular weight is 708 g/mol. The number of fused-ring (bicyclic) bond motifs is 5. The summed E-state index contributed by atoms with van der Waals surface area (Å²) in [6.07, 6.45) is 1.61. The lowest BCUT2D eigenvalue weighted by Crippen LogP contribution is -2.53. The van der Waals surface area contributed by atoms with Crippen LogP contribution in [0.1, 0.15) is 36.3 Å². The maximum Gasteiger partial charge on any atom is 0.305 e. The molecule has 4 aliphatic rings. The molecule has 2 heterocycles. The number of amides is 4. The lowest BCUT2D eigenvalue weighted by atomic mass is 9.49. The standard InChI is InChI=1S/C39H31ClFN3O7/c40-22-8-6-21(7-9-22)39-30(36(49)44(38(39)51)42-24-12-10-23(41)11-13-24)19-29-26(33(39)28-14-5-20-3-1-2-4-25(20)34(28)47)15-16-27-32(29)37(50)43(35(27)48)18-17-31(45)46/h1-15,27,29-30,32-33,42,47H,16-19H2,(H,45,46). The van der Waals surface area contributed by atoms with Crippen molar-refractivity contribution in [3.05, 3.63) is 119 Å². The molecular formula is C39H31ClFN3O7. The van der Waals surface area contributed by atoms with E-state index < -0.39 is 76.8 Å². The number of phenols is 1. The van der Waals surface area contributed by atoms with Crippen molar-refractivity contribution in [1.29, 1.82) is 0 Å². The van der Waals surface area contributed by atoms with E-state index in [9.17, 15) is 33.8 Å². The Balaban J connectivity index is 1.36. The molecule has 1 saturated carbocycles. The number of aliphatic carboxylic acids is 1. The molecule has 4 aromatic rings. The third kappa shape index (κ3) is 4.85. The number of rotatable bonds is 7. The second kappa shape index (κ2) is 12.1. The van der Waals surface area contributed by atoms with Gasteiger partial charge in [-0.1, -0.05) is 71.8 Å². The molecular weight excluding hydrogens is 677 g/mol. The molecule has 51 heavy (non-hydrogen) atoms. The van der Waals surface area contributed by atoms with Crippen LogP contribution in [0.3, 0.4) is 0 Å². The number of carboxylic acids is 1. The second-order valence-electron chi connectivity index (χ2n) is 13.6. The highest BCUT2D eigenvalue weighted by molar-refractivity contribution is 6.30. The first-order valence-corrected chi connectivity index (χ1v) is 17.0. The van der Waals surface area contributed by atoms with Crippen LogP contribution in [0.25, 0.3) is 10.8 Å². The minimum atomic E-state index is -1.65. The van der Waals surface area contributed by atoms with E-state index in [1.165, 1.54) is 24.3 Å². The van der Waals surface area contributed by atoms with Gasteiger partial charge in [0.2, 0.25) is 11.8 Å². The van der Waals surface area contributed by atoms with Gasteiger partial charge in [0.05, 0.1) is 35.3 Å². The molecule has 8 rings (SSSR count). The van der Waals surface area contributed by atoms with E-state index >= 15 is 4.79 Å². The molecule has 10 nitrogen and oxygen atoms in total. The molecule has 3 N–H and O–H groups in total. The number of carboxylic acid groups (broad SMARTS) is 1. The Morgan fingerprint density at radius 3 is 2.35 bits per heavy atom. The van der Waals surface area contributed by atoms with Crippen LogP contribution >= 0.6 is 11.6 Å². The van der Waals surface area contributed by atoms with Crippen molar-refractivity contribution in [2.75, 3.05) is 12.0 Å². The number of allylic oxidation sites excluding steroid dienone is 2. The van der Waals surface area contributed by atoms with Crippen molar-refractivity contribution in [1.82, 2.24) is 9.91 Å². The molecule has 0 spiro atoms. The third-order valence-electron chi connectivity index (χ3n) is 11.1.